The Morgan fingerprint density at radius 1 is 1.00 bits per heavy atom. The molecule has 1 amide bonds. The van der Waals surface area contributed by atoms with Crippen molar-refractivity contribution in [2.24, 2.45) is 0 Å². The zero-order valence-corrected chi connectivity index (χ0v) is 21.1. The van der Waals surface area contributed by atoms with E-state index in [1.807, 2.05) is 60.3 Å². The number of unbranched alkanes of at least 4 members (excludes halogenated alkanes) is 1. The maximum Gasteiger partial charge on any atom is 0.237 e. The molecule has 0 saturated heterocycles. The highest BCUT2D eigenvalue weighted by Crippen LogP contribution is 2.29. The maximum atomic E-state index is 13.0. The summed E-state index contributed by atoms with van der Waals surface area (Å²) in [5, 5.41) is 1.07. The number of pyridine rings is 1. The number of hydrogen-bond acceptors (Lipinski definition) is 5. The predicted molar refractivity (Wildman–Crippen MR) is 143 cm³/mol. The number of nitrogen functional groups attached to an aromatic ring is 1. The van der Waals surface area contributed by atoms with Gasteiger partial charge in [-0.1, -0.05) is 61.9 Å². The van der Waals surface area contributed by atoms with Gasteiger partial charge in [-0.05, 0) is 38.6 Å². The van der Waals surface area contributed by atoms with Gasteiger partial charge in [0.25, 0.3) is 0 Å². The van der Waals surface area contributed by atoms with Crippen molar-refractivity contribution in [3.8, 4) is 0 Å². The van der Waals surface area contributed by atoms with Crippen LogP contribution >= 0.6 is 0 Å². The second-order valence-electron chi connectivity index (χ2n) is 9.39. The zero-order valence-electron chi connectivity index (χ0n) is 21.1. The van der Waals surface area contributed by atoms with Gasteiger partial charge in [0.1, 0.15) is 11.3 Å². The molecule has 0 aliphatic rings. The first-order valence-electron chi connectivity index (χ1n) is 12.5. The van der Waals surface area contributed by atoms with Crippen LogP contribution in [0.15, 0.2) is 54.6 Å². The summed E-state index contributed by atoms with van der Waals surface area (Å²) in [5.74, 6) is 1.66. The van der Waals surface area contributed by atoms with Crippen LogP contribution in [0.1, 0.15) is 37.6 Å². The summed E-state index contributed by atoms with van der Waals surface area (Å²) in [5.41, 5.74) is 10.2. The van der Waals surface area contributed by atoms with Crippen LogP contribution in [0.3, 0.4) is 0 Å². The van der Waals surface area contributed by atoms with Gasteiger partial charge in [0.2, 0.25) is 5.91 Å². The van der Waals surface area contributed by atoms with Gasteiger partial charge in [-0.3, -0.25) is 4.79 Å². The maximum absolute atomic E-state index is 13.0. The molecule has 35 heavy (non-hydrogen) atoms. The molecule has 0 spiro atoms. The molecular formula is C28H36N6O. The Bertz CT molecular complexity index is 1280. The fraction of sp³-hybridized carbons (Fsp3) is 0.393. The summed E-state index contributed by atoms with van der Waals surface area (Å²) in [6.07, 6.45) is 3.89. The number of para-hydroxylation sites is 1. The monoisotopic (exact) mass is 472 g/mol. The fourth-order valence-corrected chi connectivity index (χ4v) is 4.56. The van der Waals surface area contributed by atoms with E-state index in [1.54, 1.807) is 0 Å². The number of aryl methyl sites for hydroxylation is 2. The molecule has 0 aliphatic heterocycles. The topological polar surface area (TPSA) is 80.3 Å². The molecule has 184 valence electrons. The Kier molecular flexibility index (Phi) is 7.98. The molecule has 2 aromatic heterocycles. The van der Waals surface area contributed by atoms with E-state index in [-0.39, 0.29) is 5.91 Å². The van der Waals surface area contributed by atoms with Crippen molar-refractivity contribution in [3.05, 3.63) is 66.0 Å². The second-order valence-corrected chi connectivity index (χ2v) is 9.39. The Labute approximate surface area is 207 Å². The first kappa shape index (κ1) is 24.7. The summed E-state index contributed by atoms with van der Waals surface area (Å²) in [6, 6.07) is 18.3. The van der Waals surface area contributed by atoms with Crippen molar-refractivity contribution in [1.82, 2.24) is 24.3 Å². The molecule has 0 radical (unpaired) electrons. The number of amides is 1. The highest BCUT2D eigenvalue weighted by atomic mass is 16.2. The van der Waals surface area contributed by atoms with Gasteiger partial charge in [-0.15, -0.1) is 0 Å². The average Bonchev–Trinajstić information content (AvgIpc) is 3.21. The first-order chi connectivity index (χ1) is 17.0. The lowest BCUT2D eigenvalue weighted by atomic mass is 10.1. The largest absolute Gasteiger partial charge is 0.382 e. The number of nitrogens with two attached hydrogens (primary N) is 1. The van der Waals surface area contributed by atoms with Crippen molar-refractivity contribution < 1.29 is 4.79 Å². The van der Waals surface area contributed by atoms with Gasteiger partial charge < -0.3 is 20.1 Å². The lowest BCUT2D eigenvalue weighted by Crippen LogP contribution is -2.38. The number of carbonyl (C=O) groups is 1. The molecule has 7 nitrogen and oxygen atoms in total. The number of benzene rings is 2. The highest BCUT2D eigenvalue weighted by molar-refractivity contribution is 6.06. The number of rotatable bonds is 11. The third-order valence-electron chi connectivity index (χ3n) is 6.27. The van der Waals surface area contributed by atoms with E-state index in [0.29, 0.717) is 25.5 Å². The smallest absolute Gasteiger partial charge is 0.237 e. The standard InChI is InChI=1S/C28H36N6O/c1-4-5-16-24-31-26-27(22-14-9-10-15-23(22)30-28(26)29)34(24)18-11-17-33(25(35)20-32(2)3)19-21-12-7-6-8-13-21/h6-10,12-15H,4-5,11,16-20H2,1-3H3,(H2,29,30). The summed E-state index contributed by atoms with van der Waals surface area (Å²) in [4.78, 5) is 26.4. The van der Waals surface area contributed by atoms with E-state index < -0.39 is 0 Å². The van der Waals surface area contributed by atoms with E-state index >= 15 is 0 Å². The first-order valence-corrected chi connectivity index (χ1v) is 12.5. The van der Waals surface area contributed by atoms with Gasteiger partial charge >= 0.3 is 0 Å². The average molecular weight is 473 g/mol. The second kappa shape index (κ2) is 11.3. The van der Waals surface area contributed by atoms with Crippen molar-refractivity contribution in [3.63, 3.8) is 0 Å². The summed E-state index contributed by atoms with van der Waals surface area (Å²) < 4.78 is 2.31. The molecule has 2 heterocycles. The van der Waals surface area contributed by atoms with Gasteiger partial charge in [0, 0.05) is 31.4 Å². The predicted octanol–water partition coefficient (Wildman–Crippen LogP) is 4.49. The minimum absolute atomic E-state index is 0.138. The van der Waals surface area contributed by atoms with Crippen LogP contribution in [0.5, 0.6) is 0 Å². The number of carbonyl (C=O) groups excluding carboxylic acids is 1. The van der Waals surface area contributed by atoms with Crippen molar-refractivity contribution in [2.45, 2.75) is 45.7 Å². The number of nitrogens with zero attached hydrogens (tertiary/aromatic N) is 5. The van der Waals surface area contributed by atoms with Crippen molar-refractivity contribution in [2.75, 3.05) is 32.9 Å². The van der Waals surface area contributed by atoms with Crippen molar-refractivity contribution in [1.29, 1.82) is 0 Å². The molecule has 0 atom stereocenters. The highest BCUT2D eigenvalue weighted by Gasteiger charge is 2.19. The molecule has 0 saturated carbocycles. The minimum atomic E-state index is 0.138. The Balaban J connectivity index is 1.62. The lowest BCUT2D eigenvalue weighted by Gasteiger charge is -2.25. The summed E-state index contributed by atoms with van der Waals surface area (Å²) >= 11 is 0. The van der Waals surface area contributed by atoms with E-state index in [0.717, 1.165) is 65.6 Å². The SMILES string of the molecule is CCCCc1nc2c(N)nc3ccccc3c2n1CCCN(Cc1ccccc1)C(=O)CN(C)C. The molecule has 0 bridgehead atoms. The molecule has 4 rings (SSSR count). The Hall–Kier alpha value is -3.45. The molecule has 0 aliphatic carbocycles. The third-order valence-corrected chi connectivity index (χ3v) is 6.27. The van der Waals surface area contributed by atoms with Gasteiger partial charge in [0.15, 0.2) is 5.82 Å². The van der Waals surface area contributed by atoms with E-state index in [1.165, 1.54) is 0 Å². The summed E-state index contributed by atoms with van der Waals surface area (Å²) in [7, 11) is 3.86. The van der Waals surface area contributed by atoms with Crippen LogP contribution in [0, 0.1) is 0 Å². The van der Waals surface area contributed by atoms with E-state index in [2.05, 4.69) is 34.7 Å². The van der Waals surface area contributed by atoms with Gasteiger partial charge in [-0.25, -0.2) is 9.97 Å². The van der Waals surface area contributed by atoms with Crippen LogP contribution in [-0.2, 0) is 24.3 Å². The Morgan fingerprint density at radius 3 is 2.49 bits per heavy atom. The number of imidazole rings is 1. The van der Waals surface area contributed by atoms with Crippen LogP contribution in [0.2, 0.25) is 0 Å². The molecule has 2 N–H and O–H groups in total. The lowest BCUT2D eigenvalue weighted by molar-refractivity contribution is -0.132. The fourth-order valence-electron chi connectivity index (χ4n) is 4.56. The zero-order chi connectivity index (χ0) is 24.8. The van der Waals surface area contributed by atoms with Crippen LogP contribution in [0.4, 0.5) is 5.82 Å². The molecule has 0 unspecified atom stereocenters. The van der Waals surface area contributed by atoms with Crippen LogP contribution in [0.25, 0.3) is 21.9 Å². The number of hydrogen-bond donors (Lipinski definition) is 1. The van der Waals surface area contributed by atoms with E-state index in [4.69, 9.17) is 10.7 Å². The quantitative estimate of drug-likeness (QED) is 0.348. The van der Waals surface area contributed by atoms with Crippen LogP contribution < -0.4 is 5.73 Å². The van der Waals surface area contributed by atoms with Gasteiger partial charge in [0.05, 0.1) is 17.6 Å². The molecule has 7 heteroatoms. The summed E-state index contributed by atoms with van der Waals surface area (Å²) in [6.45, 7) is 4.64. The van der Waals surface area contributed by atoms with Crippen LogP contribution in [-0.4, -0.2) is 57.4 Å². The molecular weight excluding hydrogens is 436 g/mol. The molecule has 4 aromatic rings. The third kappa shape index (κ3) is 5.80. The number of aromatic nitrogens is 3. The number of fused-ring (bicyclic) bond motifs is 3. The normalized spacial score (nSPS) is 11.5. The van der Waals surface area contributed by atoms with E-state index in [9.17, 15) is 4.79 Å². The Morgan fingerprint density at radius 2 is 1.74 bits per heavy atom. The number of likely N-dealkylation sites (N-methyl/N-ethyl adjacent to an activating group) is 1. The molecule has 0 fully saturated rings. The van der Waals surface area contributed by atoms with Crippen molar-refractivity contribution >= 4 is 33.7 Å². The van der Waals surface area contributed by atoms with Gasteiger partial charge in [-0.2, -0.15) is 0 Å². The number of anilines is 1. The minimum Gasteiger partial charge on any atom is -0.382 e. The molecule has 2 aromatic carbocycles.